The predicted octanol–water partition coefficient (Wildman–Crippen LogP) is 0.331. The Morgan fingerprint density at radius 2 is 1.78 bits per heavy atom. The molecule has 0 amide bonds. The summed E-state index contributed by atoms with van der Waals surface area (Å²) in [7, 11) is -5.39. The fourth-order valence-corrected chi connectivity index (χ4v) is 0.142. The summed E-state index contributed by atoms with van der Waals surface area (Å²) in [5.41, 5.74) is -5.39. The zero-order valence-electron chi connectivity index (χ0n) is 3.81. The molecule has 0 heterocycles. The summed E-state index contributed by atoms with van der Waals surface area (Å²) in [6, 6.07) is 0. The van der Waals surface area contributed by atoms with Gasteiger partial charge in [0.25, 0.3) is 9.80 Å². The summed E-state index contributed by atoms with van der Waals surface area (Å²) in [4.78, 5) is 9.10. The van der Waals surface area contributed by atoms with Crippen molar-refractivity contribution < 1.29 is 26.7 Å². The van der Waals surface area contributed by atoms with Gasteiger partial charge in [0.05, 0.1) is 0 Å². The van der Waals surface area contributed by atoms with Crippen LogP contribution < -0.4 is 0 Å². The van der Waals surface area contributed by atoms with Gasteiger partial charge in [0.15, 0.2) is 0 Å². The third-order valence-corrected chi connectivity index (χ3v) is 1.28. The van der Waals surface area contributed by atoms with E-state index in [1.807, 2.05) is 0 Å². The quantitative estimate of drug-likeness (QED) is 0.522. The van der Waals surface area contributed by atoms with Crippen LogP contribution in [-0.2, 0) is 14.6 Å². The Kier molecular flexibility index (Phi) is 1.90. The van der Waals surface area contributed by atoms with E-state index in [-0.39, 0.29) is 5.23 Å². The molecule has 0 aliphatic rings. The largest absolute Gasteiger partial charge is 0.497 e. The van der Waals surface area contributed by atoms with Gasteiger partial charge in [-0.3, -0.25) is 4.55 Å². The second-order valence-corrected chi connectivity index (χ2v) is 2.74. The van der Waals surface area contributed by atoms with Crippen LogP contribution in [0.1, 0.15) is 0 Å². The van der Waals surface area contributed by atoms with E-state index in [2.05, 4.69) is 0 Å². The maximum absolute atomic E-state index is 11.0. The van der Waals surface area contributed by atoms with Crippen molar-refractivity contribution in [2.75, 3.05) is 0 Å². The molecule has 0 aliphatic carbocycles. The van der Waals surface area contributed by atoms with E-state index in [1.165, 1.54) is 0 Å². The van der Waals surface area contributed by atoms with E-state index in [4.69, 9.17) is 9.35 Å². The third kappa shape index (κ3) is 1.70. The lowest BCUT2D eigenvalue weighted by Crippen LogP contribution is -2.22. The summed E-state index contributed by atoms with van der Waals surface area (Å²) in [6.45, 7) is 0. The minimum absolute atomic E-state index is 0.0104. The zero-order valence-corrected chi connectivity index (χ0v) is 4.62. The van der Waals surface area contributed by atoms with Gasteiger partial charge in [-0.15, -0.1) is 0 Å². The molecule has 1 atom stereocenters. The molecule has 7 heteroatoms. The smallest absolute Gasteiger partial charge is 0.299 e. The highest BCUT2D eigenvalue weighted by Crippen LogP contribution is 2.20. The summed E-state index contributed by atoms with van der Waals surface area (Å²) in [5.74, 6) is 0. The van der Waals surface area contributed by atoms with Crippen molar-refractivity contribution in [2.45, 2.75) is 5.51 Å². The Labute approximate surface area is 48.3 Å². The molecule has 0 aromatic carbocycles. The molecule has 0 rings (SSSR count). The molecule has 0 radical (unpaired) electrons. The Hall–Kier alpha value is -0.520. The van der Waals surface area contributed by atoms with Crippen molar-refractivity contribution in [3.05, 3.63) is 0 Å². The molecule has 0 saturated carbocycles. The first kappa shape index (κ1) is 8.48. The Balaban J connectivity index is 5.05. The third-order valence-electron chi connectivity index (χ3n) is 0.427. The minimum atomic E-state index is -5.39. The van der Waals surface area contributed by atoms with Crippen LogP contribution in [-0.4, -0.2) is 19.5 Å². The maximum atomic E-state index is 11.0. The van der Waals surface area contributed by atoms with Gasteiger partial charge in [-0.1, -0.05) is 0 Å². The highest BCUT2D eigenvalue weighted by atomic mass is 32.2. The van der Waals surface area contributed by atoms with Gasteiger partial charge in [0.1, 0.15) is 0 Å². The molecule has 0 aromatic heterocycles. The monoisotopic (exact) mass is 162 g/mol. The number of hydrogen-bond acceptors (Lipinski definition) is 2. The molecule has 0 aromatic rings. The second kappa shape index (κ2) is 2.02. The number of rotatable bonds is 0. The van der Waals surface area contributed by atoms with Crippen molar-refractivity contribution in [3.8, 4) is 0 Å². The molecule has 0 spiro atoms. The summed E-state index contributed by atoms with van der Waals surface area (Å²) >= 11 is 0. The number of alkyl halides is 3. The number of carbonyl (C=O) groups excluding carboxylic acids is 1. The zero-order chi connectivity index (χ0) is 7.71. The Morgan fingerprint density at radius 3 is 1.78 bits per heavy atom. The molecule has 0 fully saturated rings. The Bertz CT molecular complexity index is 228. The number of halogens is 3. The fraction of sp³-hybridized carbons (Fsp3) is 0.500. The van der Waals surface area contributed by atoms with Crippen molar-refractivity contribution in [1.82, 2.24) is 0 Å². The molecule has 0 saturated heterocycles. The molecule has 54 valence electrons. The molecule has 1 unspecified atom stereocenters. The van der Waals surface area contributed by atoms with Crippen molar-refractivity contribution in [1.29, 1.82) is 0 Å². The molecular weight excluding hydrogens is 161 g/mol. The lowest BCUT2D eigenvalue weighted by Gasteiger charge is -2.00. The first-order chi connectivity index (χ1) is 3.81. The molecule has 9 heavy (non-hydrogen) atoms. The van der Waals surface area contributed by atoms with Crippen molar-refractivity contribution in [3.63, 3.8) is 0 Å². The Morgan fingerprint density at radius 1 is 1.44 bits per heavy atom. The molecule has 3 nitrogen and oxygen atoms in total. The van der Waals surface area contributed by atoms with E-state index in [0.29, 0.717) is 0 Å². The topological polar surface area (TPSA) is 54.4 Å². The van der Waals surface area contributed by atoms with Gasteiger partial charge in [-0.05, 0) is 0 Å². The van der Waals surface area contributed by atoms with E-state index >= 15 is 0 Å². The summed E-state index contributed by atoms with van der Waals surface area (Å²) in [6.07, 6.45) is 0. The molecule has 1 N–H and O–H groups in total. The van der Waals surface area contributed by atoms with Crippen molar-refractivity contribution in [2.24, 2.45) is 0 Å². The van der Waals surface area contributed by atoms with E-state index < -0.39 is 15.3 Å². The average Bonchev–Trinajstić information content (AvgIpc) is 1.64. The van der Waals surface area contributed by atoms with Crippen LogP contribution in [0, 0.1) is 0 Å². The van der Waals surface area contributed by atoms with Crippen LogP contribution in [0.5, 0.6) is 0 Å². The highest BCUT2D eigenvalue weighted by Gasteiger charge is 2.41. The van der Waals surface area contributed by atoms with Gasteiger partial charge in [-0.2, -0.15) is 13.2 Å². The van der Waals surface area contributed by atoms with Gasteiger partial charge in [-0.25, -0.2) is 9.00 Å². The van der Waals surface area contributed by atoms with Crippen LogP contribution in [0.4, 0.5) is 13.2 Å². The lowest BCUT2D eigenvalue weighted by molar-refractivity contribution is -0.0456. The van der Waals surface area contributed by atoms with Gasteiger partial charge >= 0.3 is 5.51 Å². The lowest BCUT2D eigenvalue weighted by atomic mass is 11.6. The van der Waals surface area contributed by atoms with Crippen LogP contribution >= 0.6 is 0 Å². The van der Waals surface area contributed by atoms with E-state index in [9.17, 15) is 17.4 Å². The first-order valence-electron chi connectivity index (χ1n) is 1.53. The highest BCUT2D eigenvalue weighted by molar-refractivity contribution is 7.96. The predicted molar refractivity (Wildman–Crippen MR) is 22.5 cm³/mol. The molecule has 0 bridgehead atoms. The van der Waals surface area contributed by atoms with Gasteiger partial charge < -0.3 is 0 Å². The molecular formula is C2HF3O3S. The normalized spacial score (nSPS) is 18.2. The SMILES string of the molecule is O=C=S(=O)(O)C(F)(F)F. The summed E-state index contributed by atoms with van der Waals surface area (Å²) < 4.78 is 50.4. The molecule has 0 aliphatic heterocycles. The van der Waals surface area contributed by atoms with Crippen LogP contribution in [0.15, 0.2) is 0 Å². The van der Waals surface area contributed by atoms with Gasteiger partial charge in [0, 0.05) is 0 Å². The van der Waals surface area contributed by atoms with Crippen molar-refractivity contribution >= 4 is 15.0 Å². The first-order valence-corrected chi connectivity index (χ1v) is 3.04. The van der Waals surface area contributed by atoms with Crippen LogP contribution in [0.3, 0.4) is 0 Å². The maximum Gasteiger partial charge on any atom is 0.497 e. The van der Waals surface area contributed by atoms with E-state index in [0.717, 1.165) is 0 Å². The minimum Gasteiger partial charge on any atom is -0.299 e. The van der Waals surface area contributed by atoms with Crippen LogP contribution in [0.25, 0.3) is 0 Å². The standard InChI is InChI=1S/C2HF3O3S/c3-2(4,5)9(7,8)1-6/h(H,7,8). The number of hydrogen-bond donors (Lipinski definition) is 1. The average molecular weight is 162 g/mol. The van der Waals surface area contributed by atoms with Gasteiger partial charge in [0.2, 0.25) is 5.23 Å². The fourth-order valence-electron chi connectivity index (χ4n) is 0.0472. The van der Waals surface area contributed by atoms with Crippen LogP contribution in [0.2, 0.25) is 0 Å². The van der Waals surface area contributed by atoms with E-state index in [1.54, 1.807) is 0 Å². The summed E-state index contributed by atoms with van der Waals surface area (Å²) in [5, 5.41) is -0.0104. The second-order valence-electron chi connectivity index (χ2n) is 1.05.